The van der Waals surface area contributed by atoms with E-state index in [1.807, 2.05) is 19.0 Å². The summed E-state index contributed by atoms with van der Waals surface area (Å²) in [7, 11) is 3.95. The molecule has 2 atom stereocenters. The molecule has 0 aliphatic carbocycles. The van der Waals surface area contributed by atoms with E-state index in [0.717, 1.165) is 19.6 Å². The molecule has 0 spiro atoms. The lowest BCUT2D eigenvalue weighted by atomic mass is 10.2. The molecule has 2 aliphatic rings. The van der Waals surface area contributed by atoms with Gasteiger partial charge in [0, 0.05) is 32.7 Å². The number of hydrogen-bond donors (Lipinski definition) is 1. The number of carbonyl (C=O) groups is 2. The van der Waals surface area contributed by atoms with Gasteiger partial charge in [0.15, 0.2) is 0 Å². The van der Waals surface area contributed by atoms with Crippen LogP contribution in [0.3, 0.4) is 0 Å². The molecule has 2 heterocycles. The molecule has 2 N–H and O–H groups in total. The zero-order valence-corrected chi connectivity index (χ0v) is 13.4. The van der Waals surface area contributed by atoms with E-state index in [-0.39, 0.29) is 18.6 Å². The number of ether oxygens (including phenoxy) is 2. The van der Waals surface area contributed by atoms with E-state index >= 15 is 0 Å². The predicted octanol–water partition coefficient (Wildman–Crippen LogP) is -2.04. The second-order valence-corrected chi connectivity index (χ2v) is 6.06. The van der Waals surface area contributed by atoms with Crippen molar-refractivity contribution in [3.63, 3.8) is 0 Å². The van der Waals surface area contributed by atoms with Crippen LogP contribution >= 0.6 is 0 Å². The minimum absolute atomic E-state index is 0.105. The van der Waals surface area contributed by atoms with Crippen LogP contribution < -0.4 is 5.73 Å². The minimum atomic E-state index is -0.542. The number of morpholine rings is 2. The molecule has 2 saturated heterocycles. The first kappa shape index (κ1) is 17.1. The van der Waals surface area contributed by atoms with Gasteiger partial charge in [0.2, 0.25) is 5.91 Å². The molecule has 8 nitrogen and oxygen atoms in total. The molecule has 0 aromatic carbocycles. The van der Waals surface area contributed by atoms with Gasteiger partial charge in [0.1, 0.15) is 6.10 Å². The summed E-state index contributed by atoms with van der Waals surface area (Å²) in [6.07, 6.45) is -0.650. The Bertz CT molecular complexity index is 406. The van der Waals surface area contributed by atoms with E-state index < -0.39 is 12.0 Å². The number of nitrogens with two attached hydrogens (primary N) is 1. The number of hydrogen-bond acceptors (Lipinski definition) is 6. The van der Waals surface area contributed by atoms with E-state index in [4.69, 9.17) is 15.2 Å². The quantitative estimate of drug-likeness (QED) is 0.629. The Morgan fingerprint density at radius 3 is 2.36 bits per heavy atom. The fourth-order valence-corrected chi connectivity index (χ4v) is 2.77. The highest BCUT2D eigenvalue weighted by Crippen LogP contribution is 2.10. The smallest absolute Gasteiger partial charge is 0.253 e. The maximum Gasteiger partial charge on any atom is 0.253 e. The van der Waals surface area contributed by atoms with Crippen LogP contribution in [0, 0.1) is 0 Å². The third-order valence-electron chi connectivity index (χ3n) is 3.97. The number of rotatable bonds is 5. The van der Waals surface area contributed by atoms with Gasteiger partial charge in [-0.3, -0.25) is 9.59 Å². The van der Waals surface area contributed by atoms with Gasteiger partial charge in [-0.1, -0.05) is 0 Å². The molecule has 22 heavy (non-hydrogen) atoms. The number of primary amides is 1. The second-order valence-electron chi connectivity index (χ2n) is 6.06. The molecule has 2 aliphatic heterocycles. The van der Waals surface area contributed by atoms with Crippen molar-refractivity contribution in [3.8, 4) is 0 Å². The Labute approximate surface area is 131 Å². The first-order valence-electron chi connectivity index (χ1n) is 7.63. The summed E-state index contributed by atoms with van der Waals surface area (Å²) in [6.45, 7) is 4.32. The topological polar surface area (TPSA) is 88.3 Å². The maximum atomic E-state index is 12.6. The summed E-state index contributed by atoms with van der Waals surface area (Å²) < 4.78 is 11.2. The predicted molar refractivity (Wildman–Crippen MR) is 80.2 cm³/mol. The van der Waals surface area contributed by atoms with Gasteiger partial charge in [-0.2, -0.15) is 0 Å². The molecular formula is C14H26N4O4. The Morgan fingerprint density at radius 1 is 1.14 bits per heavy atom. The average molecular weight is 314 g/mol. The molecule has 0 radical (unpaired) electrons. The van der Waals surface area contributed by atoms with Crippen molar-refractivity contribution in [2.45, 2.75) is 12.2 Å². The second kappa shape index (κ2) is 7.87. The minimum Gasteiger partial charge on any atom is -0.374 e. The standard InChI is InChI=1S/C14H26N4O4/c1-16-3-5-21-11(7-16)8-18(10-13(15)19)14(20)12-9-17(2)4-6-22-12/h11-12H,3-10H2,1-2H3,(H2,15,19). The summed E-state index contributed by atoms with van der Waals surface area (Å²) in [5.74, 6) is -0.719. The maximum absolute atomic E-state index is 12.6. The first-order chi connectivity index (χ1) is 10.5. The van der Waals surface area contributed by atoms with E-state index in [9.17, 15) is 9.59 Å². The van der Waals surface area contributed by atoms with Crippen LogP contribution in [0.15, 0.2) is 0 Å². The lowest BCUT2D eigenvalue weighted by Gasteiger charge is -2.36. The molecule has 0 bridgehead atoms. The van der Waals surface area contributed by atoms with Crippen LogP contribution in [0.1, 0.15) is 0 Å². The lowest BCUT2D eigenvalue weighted by Crippen LogP contribution is -2.55. The van der Waals surface area contributed by atoms with Crippen molar-refractivity contribution in [3.05, 3.63) is 0 Å². The van der Waals surface area contributed by atoms with Gasteiger partial charge >= 0.3 is 0 Å². The Hall–Kier alpha value is -1.22. The van der Waals surface area contributed by atoms with E-state index in [2.05, 4.69) is 4.90 Å². The molecule has 0 aromatic heterocycles. The Kier molecular flexibility index (Phi) is 6.13. The van der Waals surface area contributed by atoms with Crippen LogP contribution in [0.5, 0.6) is 0 Å². The average Bonchev–Trinajstić information content (AvgIpc) is 2.45. The van der Waals surface area contributed by atoms with Crippen molar-refractivity contribution in [1.82, 2.24) is 14.7 Å². The monoisotopic (exact) mass is 314 g/mol. The highest BCUT2D eigenvalue weighted by Gasteiger charge is 2.32. The van der Waals surface area contributed by atoms with Crippen molar-refractivity contribution in [2.75, 3.05) is 66.6 Å². The van der Waals surface area contributed by atoms with Gasteiger partial charge in [0.05, 0.1) is 25.9 Å². The van der Waals surface area contributed by atoms with Gasteiger partial charge in [-0.05, 0) is 14.1 Å². The first-order valence-corrected chi connectivity index (χ1v) is 7.63. The fourth-order valence-electron chi connectivity index (χ4n) is 2.77. The SMILES string of the molecule is CN1CCOC(CN(CC(N)=O)C(=O)C2CN(C)CCO2)C1. The Balaban J connectivity index is 1.98. The molecule has 0 aromatic rings. The van der Waals surface area contributed by atoms with Crippen molar-refractivity contribution < 1.29 is 19.1 Å². The Morgan fingerprint density at radius 2 is 1.77 bits per heavy atom. The van der Waals surface area contributed by atoms with Crippen LogP contribution in [0.2, 0.25) is 0 Å². The van der Waals surface area contributed by atoms with E-state index in [0.29, 0.717) is 26.3 Å². The molecule has 2 fully saturated rings. The van der Waals surface area contributed by atoms with Gasteiger partial charge in [0.25, 0.3) is 5.91 Å². The zero-order valence-electron chi connectivity index (χ0n) is 13.4. The molecule has 2 amide bonds. The van der Waals surface area contributed by atoms with Crippen LogP contribution in [-0.2, 0) is 19.1 Å². The molecule has 8 heteroatoms. The summed E-state index contributed by atoms with van der Waals surface area (Å²) >= 11 is 0. The number of carbonyl (C=O) groups excluding carboxylic acids is 2. The summed E-state index contributed by atoms with van der Waals surface area (Å²) in [6, 6.07) is 0. The van der Waals surface area contributed by atoms with Crippen molar-refractivity contribution >= 4 is 11.8 Å². The highest BCUT2D eigenvalue weighted by molar-refractivity contribution is 5.86. The third-order valence-corrected chi connectivity index (χ3v) is 3.97. The molecule has 126 valence electrons. The van der Waals surface area contributed by atoms with Crippen molar-refractivity contribution in [2.24, 2.45) is 5.73 Å². The van der Waals surface area contributed by atoms with Gasteiger partial charge in [-0.15, -0.1) is 0 Å². The normalized spacial score (nSPS) is 27.5. The summed E-state index contributed by atoms with van der Waals surface area (Å²) in [5.41, 5.74) is 5.29. The fraction of sp³-hybridized carbons (Fsp3) is 0.857. The molecule has 2 unspecified atom stereocenters. The van der Waals surface area contributed by atoms with Crippen molar-refractivity contribution in [1.29, 1.82) is 0 Å². The summed E-state index contributed by atoms with van der Waals surface area (Å²) in [5, 5.41) is 0. The van der Waals surface area contributed by atoms with Gasteiger partial charge < -0.3 is 29.9 Å². The van der Waals surface area contributed by atoms with Crippen LogP contribution in [0.25, 0.3) is 0 Å². The highest BCUT2D eigenvalue weighted by atomic mass is 16.5. The summed E-state index contributed by atoms with van der Waals surface area (Å²) in [4.78, 5) is 29.6. The number of likely N-dealkylation sites (N-methyl/N-ethyl adjacent to an activating group) is 2. The zero-order chi connectivity index (χ0) is 16.1. The molecule has 2 rings (SSSR count). The largest absolute Gasteiger partial charge is 0.374 e. The van der Waals surface area contributed by atoms with Gasteiger partial charge in [-0.25, -0.2) is 0 Å². The van der Waals surface area contributed by atoms with Crippen LogP contribution in [-0.4, -0.2) is 105 Å². The molecular weight excluding hydrogens is 288 g/mol. The number of nitrogens with zero attached hydrogens (tertiary/aromatic N) is 3. The third kappa shape index (κ3) is 4.91. The van der Waals surface area contributed by atoms with Crippen LogP contribution in [0.4, 0.5) is 0 Å². The lowest BCUT2D eigenvalue weighted by molar-refractivity contribution is -0.153. The van der Waals surface area contributed by atoms with E-state index in [1.165, 1.54) is 4.90 Å². The van der Waals surface area contributed by atoms with E-state index in [1.54, 1.807) is 0 Å². The number of amides is 2. The molecule has 0 saturated carbocycles.